The third kappa shape index (κ3) is 5.52. The standard InChI is InChI=1S/C25H35N5O5/c1-16-22(27-21-15-35-25-20(21)6-9-33-25)28-23(29-24(16)30-7-10-32-11-8-30)17-4-3-5-19(12-17)34-14-18(31)13-26-2/h3-5,12,18,20-21,25-26,31H,6-11,13-15H2,1-2H3,(H,27,28,29). The summed E-state index contributed by atoms with van der Waals surface area (Å²) in [5.41, 5.74) is 1.87. The highest BCUT2D eigenvalue weighted by atomic mass is 16.7. The van der Waals surface area contributed by atoms with Crippen LogP contribution in [0.4, 0.5) is 11.6 Å². The van der Waals surface area contributed by atoms with Gasteiger partial charge in [-0.15, -0.1) is 0 Å². The SMILES string of the molecule is CNCC(O)COc1cccc(-c2nc(NC3COC4OCCC34)c(C)c(N3CCOCC3)n2)c1. The molecule has 3 N–H and O–H groups in total. The maximum absolute atomic E-state index is 9.99. The van der Waals surface area contributed by atoms with Crippen LogP contribution in [0, 0.1) is 12.8 Å². The highest BCUT2D eigenvalue weighted by Crippen LogP contribution is 2.35. The van der Waals surface area contributed by atoms with Gasteiger partial charge in [-0.25, -0.2) is 9.97 Å². The molecule has 3 aliphatic rings. The lowest BCUT2D eigenvalue weighted by Gasteiger charge is -2.30. The Hall–Kier alpha value is -2.50. The summed E-state index contributed by atoms with van der Waals surface area (Å²) in [4.78, 5) is 12.2. The van der Waals surface area contributed by atoms with Gasteiger partial charge >= 0.3 is 0 Å². The van der Waals surface area contributed by atoms with Gasteiger partial charge < -0.3 is 39.6 Å². The minimum Gasteiger partial charge on any atom is -0.491 e. The Kier molecular flexibility index (Phi) is 7.64. The monoisotopic (exact) mass is 485 g/mol. The van der Waals surface area contributed by atoms with Crippen LogP contribution in [0.1, 0.15) is 12.0 Å². The van der Waals surface area contributed by atoms with Crippen molar-refractivity contribution in [1.29, 1.82) is 0 Å². The van der Waals surface area contributed by atoms with Crippen molar-refractivity contribution >= 4 is 11.6 Å². The molecule has 0 saturated carbocycles. The Morgan fingerprint density at radius 3 is 2.89 bits per heavy atom. The van der Waals surface area contributed by atoms with Gasteiger partial charge in [-0.05, 0) is 32.5 Å². The van der Waals surface area contributed by atoms with Crippen molar-refractivity contribution in [2.75, 3.05) is 69.9 Å². The van der Waals surface area contributed by atoms with E-state index in [-0.39, 0.29) is 18.9 Å². The molecule has 0 spiro atoms. The van der Waals surface area contributed by atoms with Crippen molar-refractivity contribution in [3.8, 4) is 17.1 Å². The first-order valence-corrected chi connectivity index (χ1v) is 12.4. The van der Waals surface area contributed by atoms with Gasteiger partial charge in [0.1, 0.15) is 30.1 Å². The molecule has 1 aromatic heterocycles. The highest BCUT2D eigenvalue weighted by Gasteiger charge is 2.42. The predicted molar refractivity (Wildman–Crippen MR) is 132 cm³/mol. The number of fused-ring (bicyclic) bond motifs is 1. The number of aromatic nitrogens is 2. The summed E-state index contributed by atoms with van der Waals surface area (Å²) in [5, 5.41) is 16.6. The van der Waals surface area contributed by atoms with Gasteiger partial charge in [0, 0.05) is 36.7 Å². The Bertz CT molecular complexity index is 1000. The normalized spacial score (nSPS) is 24.9. The average Bonchev–Trinajstić information content (AvgIpc) is 3.50. The number of aliphatic hydroxyl groups excluding tert-OH is 1. The van der Waals surface area contributed by atoms with E-state index < -0.39 is 6.10 Å². The minimum atomic E-state index is -0.583. The summed E-state index contributed by atoms with van der Waals surface area (Å²) in [6.45, 7) is 7.00. The molecule has 3 fully saturated rings. The van der Waals surface area contributed by atoms with Gasteiger partial charge in [0.05, 0.1) is 32.5 Å². The number of anilines is 2. The van der Waals surface area contributed by atoms with E-state index in [4.69, 9.17) is 28.9 Å². The molecule has 0 aliphatic carbocycles. The van der Waals surface area contributed by atoms with E-state index in [1.807, 2.05) is 24.3 Å². The third-order valence-corrected chi connectivity index (χ3v) is 6.77. The second kappa shape index (κ2) is 11.0. The maximum atomic E-state index is 9.99. The zero-order chi connectivity index (χ0) is 24.2. The fourth-order valence-corrected chi connectivity index (χ4v) is 4.86. The van der Waals surface area contributed by atoms with Crippen molar-refractivity contribution < 1.29 is 24.1 Å². The molecule has 35 heavy (non-hydrogen) atoms. The molecule has 5 rings (SSSR count). The van der Waals surface area contributed by atoms with Crippen LogP contribution in [0.25, 0.3) is 11.4 Å². The van der Waals surface area contributed by atoms with Crippen LogP contribution in [-0.4, -0.2) is 93.2 Å². The second-order valence-electron chi connectivity index (χ2n) is 9.27. The van der Waals surface area contributed by atoms with E-state index >= 15 is 0 Å². The fraction of sp³-hybridized carbons (Fsp3) is 0.600. The van der Waals surface area contributed by atoms with E-state index in [1.54, 1.807) is 7.05 Å². The molecule has 1 aromatic carbocycles. The molecule has 3 saturated heterocycles. The summed E-state index contributed by atoms with van der Waals surface area (Å²) in [5.74, 6) is 3.34. The van der Waals surface area contributed by atoms with Crippen LogP contribution < -0.4 is 20.3 Å². The minimum absolute atomic E-state index is 0.125. The molecule has 10 heteroatoms. The van der Waals surface area contributed by atoms with Gasteiger partial charge in [0.2, 0.25) is 0 Å². The van der Waals surface area contributed by atoms with E-state index in [0.29, 0.717) is 43.9 Å². The predicted octanol–water partition coefficient (Wildman–Crippen LogP) is 1.42. The number of hydrogen-bond acceptors (Lipinski definition) is 10. The summed E-state index contributed by atoms with van der Waals surface area (Å²) >= 11 is 0. The molecule has 4 heterocycles. The molecule has 2 aromatic rings. The van der Waals surface area contributed by atoms with Gasteiger partial charge in [-0.3, -0.25) is 0 Å². The third-order valence-electron chi connectivity index (χ3n) is 6.77. The van der Waals surface area contributed by atoms with Crippen LogP contribution in [-0.2, 0) is 14.2 Å². The molecular formula is C25H35N5O5. The van der Waals surface area contributed by atoms with Crippen molar-refractivity contribution in [2.45, 2.75) is 31.8 Å². The van der Waals surface area contributed by atoms with Crippen LogP contribution in [0.3, 0.4) is 0 Å². The van der Waals surface area contributed by atoms with Crippen molar-refractivity contribution in [3.63, 3.8) is 0 Å². The lowest BCUT2D eigenvalue weighted by Crippen LogP contribution is -2.37. The number of rotatable bonds is 9. The largest absolute Gasteiger partial charge is 0.491 e. The van der Waals surface area contributed by atoms with Crippen molar-refractivity contribution in [3.05, 3.63) is 29.8 Å². The van der Waals surface area contributed by atoms with Crippen LogP contribution in [0.2, 0.25) is 0 Å². The quantitative estimate of drug-likeness (QED) is 0.482. The topological polar surface area (TPSA) is 110 Å². The van der Waals surface area contributed by atoms with Crippen LogP contribution in [0.15, 0.2) is 24.3 Å². The molecule has 0 bridgehead atoms. The smallest absolute Gasteiger partial charge is 0.164 e. The van der Waals surface area contributed by atoms with Crippen molar-refractivity contribution in [2.24, 2.45) is 5.92 Å². The number of ether oxygens (including phenoxy) is 4. The lowest BCUT2D eigenvalue weighted by molar-refractivity contribution is -0.0904. The Morgan fingerprint density at radius 1 is 1.20 bits per heavy atom. The van der Waals surface area contributed by atoms with Crippen molar-refractivity contribution in [1.82, 2.24) is 15.3 Å². The summed E-state index contributed by atoms with van der Waals surface area (Å²) in [6, 6.07) is 7.84. The number of morpholine rings is 1. The molecule has 190 valence electrons. The summed E-state index contributed by atoms with van der Waals surface area (Å²) in [6.07, 6.45) is 0.272. The number of nitrogens with zero attached hydrogens (tertiary/aromatic N) is 3. The molecule has 0 radical (unpaired) electrons. The Balaban J connectivity index is 1.43. The maximum Gasteiger partial charge on any atom is 0.164 e. The Morgan fingerprint density at radius 2 is 2.06 bits per heavy atom. The van der Waals surface area contributed by atoms with Crippen LogP contribution in [0.5, 0.6) is 5.75 Å². The molecular weight excluding hydrogens is 450 g/mol. The highest BCUT2D eigenvalue weighted by molar-refractivity contribution is 5.67. The first-order chi connectivity index (χ1) is 17.1. The van der Waals surface area contributed by atoms with Crippen LogP contribution >= 0.6 is 0 Å². The number of benzene rings is 1. The first-order valence-electron chi connectivity index (χ1n) is 12.4. The van der Waals surface area contributed by atoms with Gasteiger partial charge in [-0.1, -0.05) is 12.1 Å². The second-order valence-corrected chi connectivity index (χ2v) is 9.27. The van der Waals surface area contributed by atoms with E-state index in [0.717, 1.165) is 48.9 Å². The number of nitrogens with one attached hydrogen (secondary N) is 2. The number of aliphatic hydroxyl groups is 1. The fourth-order valence-electron chi connectivity index (χ4n) is 4.86. The summed E-state index contributed by atoms with van der Waals surface area (Å²) in [7, 11) is 1.80. The average molecular weight is 486 g/mol. The molecule has 10 nitrogen and oxygen atoms in total. The molecule has 4 unspecified atom stereocenters. The molecule has 4 atom stereocenters. The molecule has 0 amide bonds. The van der Waals surface area contributed by atoms with E-state index in [1.165, 1.54) is 0 Å². The lowest BCUT2D eigenvalue weighted by atomic mass is 10.0. The van der Waals surface area contributed by atoms with E-state index in [9.17, 15) is 5.11 Å². The zero-order valence-corrected chi connectivity index (χ0v) is 20.4. The summed E-state index contributed by atoms with van der Waals surface area (Å²) < 4.78 is 22.9. The first kappa shape index (κ1) is 24.2. The van der Waals surface area contributed by atoms with Gasteiger partial charge in [0.25, 0.3) is 0 Å². The van der Waals surface area contributed by atoms with E-state index in [2.05, 4.69) is 22.5 Å². The zero-order valence-electron chi connectivity index (χ0n) is 20.4. The van der Waals surface area contributed by atoms with Gasteiger partial charge in [0.15, 0.2) is 12.1 Å². The Labute approximate surface area is 205 Å². The number of likely N-dealkylation sites (N-methyl/N-ethyl adjacent to an activating group) is 1. The molecule has 3 aliphatic heterocycles. The van der Waals surface area contributed by atoms with Gasteiger partial charge in [-0.2, -0.15) is 0 Å². The number of hydrogen-bond donors (Lipinski definition) is 3.